The summed E-state index contributed by atoms with van der Waals surface area (Å²) in [6.45, 7) is 0.239. The fourth-order valence-corrected chi connectivity index (χ4v) is 4.18. The molecule has 32 heavy (non-hydrogen) atoms. The van der Waals surface area contributed by atoms with E-state index in [1.54, 1.807) is 7.11 Å². The number of nitrogens with zero attached hydrogens (tertiary/aromatic N) is 1. The van der Waals surface area contributed by atoms with E-state index in [0.717, 1.165) is 33.3 Å². The van der Waals surface area contributed by atoms with Crippen molar-refractivity contribution in [1.29, 1.82) is 0 Å². The highest BCUT2D eigenvalue weighted by Crippen LogP contribution is 2.33. The fraction of sp³-hybridized carbons (Fsp3) is 0.107. The van der Waals surface area contributed by atoms with Crippen molar-refractivity contribution in [3.8, 4) is 5.75 Å². The van der Waals surface area contributed by atoms with Crippen LogP contribution in [-0.4, -0.2) is 17.5 Å². The number of carbonyl (C=O) groups excluding carboxylic acids is 1. The Morgan fingerprint density at radius 2 is 1.56 bits per heavy atom. The van der Waals surface area contributed by atoms with Gasteiger partial charge in [-0.1, -0.05) is 60.7 Å². The molecule has 2 aromatic heterocycles. The average molecular weight is 421 g/mol. The number of pyridine rings is 1. The molecule has 0 aliphatic heterocycles. The van der Waals surface area contributed by atoms with E-state index >= 15 is 0 Å². The van der Waals surface area contributed by atoms with Gasteiger partial charge in [-0.25, -0.2) is 4.79 Å². The van der Waals surface area contributed by atoms with Gasteiger partial charge in [0.15, 0.2) is 0 Å². The number of fused-ring (bicyclic) bond motifs is 3. The maximum absolute atomic E-state index is 13.2. The first-order valence-electron chi connectivity index (χ1n) is 10.6. The van der Waals surface area contributed by atoms with Crippen molar-refractivity contribution in [3.63, 3.8) is 0 Å². The lowest BCUT2D eigenvalue weighted by molar-refractivity contribution is 0.0474. The minimum absolute atomic E-state index is 0.239. The van der Waals surface area contributed by atoms with E-state index in [9.17, 15) is 4.79 Å². The standard InChI is InChI=1S/C28H23NO3/c1-31-22-14-15-26-24(18-22)25(17-20-9-4-2-5-10-20)27-23(13-8-16-29(26)27)28(30)32-19-21-11-6-3-7-12-21/h2-16,18H,17,19H2,1H3. The molecule has 3 aromatic carbocycles. The zero-order valence-electron chi connectivity index (χ0n) is 17.8. The van der Waals surface area contributed by atoms with Crippen molar-refractivity contribution in [2.45, 2.75) is 13.0 Å². The molecule has 0 unspecified atom stereocenters. The van der Waals surface area contributed by atoms with Gasteiger partial charge in [-0.15, -0.1) is 0 Å². The molecular formula is C28H23NO3. The van der Waals surface area contributed by atoms with Gasteiger partial charge in [-0.05, 0) is 47.0 Å². The van der Waals surface area contributed by atoms with E-state index in [-0.39, 0.29) is 12.6 Å². The highest BCUT2D eigenvalue weighted by atomic mass is 16.5. The third-order valence-corrected chi connectivity index (χ3v) is 5.72. The van der Waals surface area contributed by atoms with Crippen molar-refractivity contribution < 1.29 is 14.3 Å². The Kier molecular flexibility index (Phi) is 5.34. The Balaban J connectivity index is 1.64. The van der Waals surface area contributed by atoms with Crippen LogP contribution in [0, 0.1) is 0 Å². The lowest BCUT2D eigenvalue weighted by Crippen LogP contribution is -2.08. The van der Waals surface area contributed by atoms with Crippen molar-refractivity contribution in [2.75, 3.05) is 7.11 Å². The number of hydrogen-bond acceptors (Lipinski definition) is 3. The van der Waals surface area contributed by atoms with Gasteiger partial charge >= 0.3 is 5.97 Å². The third kappa shape index (κ3) is 3.71. The molecule has 158 valence electrons. The second-order valence-corrected chi connectivity index (χ2v) is 7.73. The largest absolute Gasteiger partial charge is 0.497 e. The van der Waals surface area contributed by atoms with E-state index < -0.39 is 0 Å². The number of benzene rings is 3. The van der Waals surface area contributed by atoms with Crippen LogP contribution in [0.15, 0.2) is 97.2 Å². The monoisotopic (exact) mass is 421 g/mol. The van der Waals surface area contributed by atoms with Crippen LogP contribution >= 0.6 is 0 Å². The van der Waals surface area contributed by atoms with Gasteiger partial charge in [0.05, 0.1) is 23.7 Å². The molecule has 0 fully saturated rings. The molecule has 4 heteroatoms. The van der Waals surface area contributed by atoms with Crippen molar-refractivity contribution in [1.82, 2.24) is 4.40 Å². The molecule has 0 spiro atoms. The molecule has 4 nitrogen and oxygen atoms in total. The summed E-state index contributed by atoms with van der Waals surface area (Å²) in [5, 5.41) is 1.07. The Bertz CT molecular complexity index is 1390. The maximum atomic E-state index is 13.2. The van der Waals surface area contributed by atoms with Crippen LogP contribution in [0.3, 0.4) is 0 Å². The molecule has 0 saturated carbocycles. The molecule has 0 atom stereocenters. The van der Waals surface area contributed by atoms with Crippen LogP contribution in [0.4, 0.5) is 0 Å². The smallest absolute Gasteiger partial charge is 0.340 e. The normalized spacial score (nSPS) is 11.0. The summed E-state index contributed by atoms with van der Waals surface area (Å²) in [4.78, 5) is 13.2. The Hall–Kier alpha value is -4.05. The molecule has 0 amide bonds. The van der Waals surface area contributed by atoms with Crippen LogP contribution in [-0.2, 0) is 17.8 Å². The number of rotatable bonds is 6. The number of carbonyl (C=O) groups is 1. The fourth-order valence-electron chi connectivity index (χ4n) is 4.18. The lowest BCUT2D eigenvalue weighted by Gasteiger charge is -2.09. The minimum atomic E-state index is -0.330. The molecule has 0 bridgehead atoms. The topological polar surface area (TPSA) is 39.9 Å². The van der Waals surface area contributed by atoms with E-state index in [4.69, 9.17) is 9.47 Å². The van der Waals surface area contributed by atoms with Gasteiger partial charge < -0.3 is 13.9 Å². The Morgan fingerprint density at radius 3 is 2.28 bits per heavy atom. The van der Waals surface area contributed by atoms with E-state index in [1.165, 1.54) is 5.56 Å². The predicted octanol–water partition coefficient (Wildman–Crippen LogP) is 6.05. The van der Waals surface area contributed by atoms with Crippen LogP contribution in [0.25, 0.3) is 16.4 Å². The van der Waals surface area contributed by atoms with Crippen molar-refractivity contribution >= 4 is 22.4 Å². The molecule has 0 N–H and O–H groups in total. The first-order chi connectivity index (χ1) is 15.7. The zero-order chi connectivity index (χ0) is 21.9. The second kappa shape index (κ2) is 8.60. The van der Waals surface area contributed by atoms with Crippen LogP contribution in [0.5, 0.6) is 5.75 Å². The van der Waals surface area contributed by atoms with Crippen LogP contribution in [0.2, 0.25) is 0 Å². The number of esters is 1. The molecule has 0 aliphatic carbocycles. The van der Waals surface area contributed by atoms with Gasteiger partial charge in [0.25, 0.3) is 0 Å². The van der Waals surface area contributed by atoms with Gasteiger partial charge in [-0.3, -0.25) is 0 Å². The predicted molar refractivity (Wildman–Crippen MR) is 126 cm³/mol. The SMILES string of the molecule is COc1ccc2c(c1)c(Cc1ccccc1)c1c(C(=O)OCc3ccccc3)cccn12. The highest BCUT2D eigenvalue weighted by molar-refractivity contribution is 6.04. The zero-order valence-corrected chi connectivity index (χ0v) is 17.8. The van der Waals surface area contributed by atoms with E-state index in [1.807, 2.05) is 85.1 Å². The molecular weight excluding hydrogens is 398 g/mol. The quantitative estimate of drug-likeness (QED) is 0.313. The minimum Gasteiger partial charge on any atom is -0.497 e. The van der Waals surface area contributed by atoms with Crippen LogP contribution in [0.1, 0.15) is 27.0 Å². The summed E-state index contributed by atoms with van der Waals surface area (Å²) in [5.74, 6) is 0.458. The maximum Gasteiger partial charge on any atom is 0.340 e. The second-order valence-electron chi connectivity index (χ2n) is 7.73. The molecule has 0 saturated heterocycles. The van der Waals surface area contributed by atoms with Gasteiger partial charge in [-0.2, -0.15) is 0 Å². The summed E-state index contributed by atoms with van der Waals surface area (Å²) in [6, 6.07) is 29.8. The lowest BCUT2D eigenvalue weighted by atomic mass is 10.0. The first kappa shape index (κ1) is 19.9. The van der Waals surface area contributed by atoms with Gasteiger partial charge in [0.1, 0.15) is 12.4 Å². The first-order valence-corrected chi connectivity index (χ1v) is 10.6. The summed E-state index contributed by atoms with van der Waals surface area (Å²) in [7, 11) is 1.67. The van der Waals surface area contributed by atoms with E-state index in [2.05, 4.69) is 16.5 Å². The highest BCUT2D eigenvalue weighted by Gasteiger charge is 2.20. The third-order valence-electron chi connectivity index (χ3n) is 5.72. The van der Waals surface area contributed by atoms with Gasteiger partial charge in [0.2, 0.25) is 0 Å². The molecule has 0 radical (unpaired) electrons. The number of ether oxygens (including phenoxy) is 2. The average Bonchev–Trinajstić information content (AvgIpc) is 3.16. The van der Waals surface area contributed by atoms with Crippen molar-refractivity contribution in [2.24, 2.45) is 0 Å². The number of methoxy groups -OCH3 is 1. The van der Waals surface area contributed by atoms with E-state index in [0.29, 0.717) is 12.0 Å². The summed E-state index contributed by atoms with van der Waals surface area (Å²) >= 11 is 0. The van der Waals surface area contributed by atoms with Gasteiger partial charge in [0, 0.05) is 18.0 Å². The molecule has 2 heterocycles. The Morgan fingerprint density at radius 1 is 0.844 bits per heavy atom. The summed E-state index contributed by atoms with van der Waals surface area (Å²) in [6.07, 6.45) is 2.69. The summed E-state index contributed by atoms with van der Waals surface area (Å²) < 4.78 is 13.3. The number of aromatic nitrogens is 1. The summed E-state index contributed by atoms with van der Waals surface area (Å²) in [5.41, 5.74) is 5.68. The Labute approximate surface area is 186 Å². The molecule has 0 aliphatic rings. The number of hydrogen-bond donors (Lipinski definition) is 0. The van der Waals surface area contributed by atoms with Crippen molar-refractivity contribution in [3.05, 3.63) is 119 Å². The van der Waals surface area contributed by atoms with Crippen LogP contribution < -0.4 is 4.74 Å². The molecule has 5 aromatic rings. The molecule has 5 rings (SSSR count).